The molecular formula is C31H25F5N2O5S. The van der Waals surface area contributed by atoms with E-state index in [1.807, 2.05) is 19.1 Å². The van der Waals surface area contributed by atoms with Crippen molar-refractivity contribution in [3.8, 4) is 0 Å². The van der Waals surface area contributed by atoms with Gasteiger partial charge >= 0.3 is 0 Å². The zero-order valence-corrected chi connectivity index (χ0v) is 23.8. The zero-order chi connectivity index (χ0) is 31.5. The highest BCUT2D eigenvalue weighted by Crippen LogP contribution is 2.43. The summed E-state index contributed by atoms with van der Waals surface area (Å²) in [6.07, 6.45) is -0.584. The van der Waals surface area contributed by atoms with Gasteiger partial charge in [-0.3, -0.25) is 4.79 Å². The fraction of sp³-hybridized carbons (Fsp3) is 0.226. The lowest BCUT2D eigenvalue weighted by atomic mass is 9.91. The van der Waals surface area contributed by atoms with Crippen molar-refractivity contribution in [2.45, 2.75) is 37.1 Å². The van der Waals surface area contributed by atoms with E-state index in [1.165, 1.54) is 36.2 Å². The Kier molecular flexibility index (Phi) is 9.49. The SMILES string of the molecule is CC1C(CSc2cccc[n+]2[O-])OC(c2cccc(NC(=O)c3c(F)c(F)c(F)c(F)c3F)c2)OC1c1ccc(CO)cc1. The maximum absolute atomic E-state index is 14.2. The summed E-state index contributed by atoms with van der Waals surface area (Å²) >= 11 is 1.29. The Morgan fingerprint density at radius 1 is 0.909 bits per heavy atom. The number of aliphatic hydroxyl groups is 1. The number of thioether (sulfide) groups is 1. The lowest BCUT2D eigenvalue weighted by molar-refractivity contribution is -0.645. The molecule has 3 aromatic carbocycles. The fourth-order valence-electron chi connectivity index (χ4n) is 4.76. The predicted octanol–water partition coefficient (Wildman–Crippen LogP) is 6.34. The standard InChI is InChI=1S/C31H25F5N2O5S/c1-16-21(15-44-22-7-2-3-12-38(22)41)42-31(43-29(16)18-10-8-17(14-39)9-11-18)19-5-4-6-20(13-19)37-30(40)23-24(32)26(34)28(36)27(35)25(23)33/h2-13,16,21,29,31,39H,14-15H2,1H3,(H,37,40). The van der Waals surface area contributed by atoms with Crippen LogP contribution in [0.25, 0.3) is 0 Å². The van der Waals surface area contributed by atoms with E-state index in [9.17, 15) is 37.1 Å². The third-order valence-corrected chi connectivity index (χ3v) is 8.27. The maximum Gasteiger partial charge on any atom is 0.261 e. The summed E-state index contributed by atoms with van der Waals surface area (Å²) in [6, 6.07) is 18.1. The Balaban J connectivity index is 1.42. The Hall–Kier alpha value is -4.04. The topological polar surface area (TPSA) is 94.7 Å². The number of hydrogen-bond acceptors (Lipinski definition) is 6. The highest BCUT2D eigenvalue weighted by molar-refractivity contribution is 7.99. The molecule has 2 heterocycles. The summed E-state index contributed by atoms with van der Waals surface area (Å²) in [6.45, 7) is 1.80. The van der Waals surface area contributed by atoms with Crippen molar-refractivity contribution < 1.29 is 46.1 Å². The third-order valence-electron chi connectivity index (χ3n) is 7.16. The van der Waals surface area contributed by atoms with Crippen molar-refractivity contribution in [2.24, 2.45) is 5.92 Å². The van der Waals surface area contributed by atoms with Gasteiger partial charge in [0, 0.05) is 35.1 Å². The van der Waals surface area contributed by atoms with Gasteiger partial charge in [0.25, 0.3) is 10.9 Å². The van der Waals surface area contributed by atoms with E-state index in [4.69, 9.17) is 9.47 Å². The molecule has 1 saturated heterocycles. The molecule has 4 atom stereocenters. The summed E-state index contributed by atoms with van der Waals surface area (Å²) in [7, 11) is 0. The molecule has 2 N–H and O–H groups in total. The number of nitrogens with zero attached hydrogens (tertiary/aromatic N) is 1. The maximum atomic E-state index is 14.2. The molecule has 7 nitrogen and oxygen atoms in total. The largest absolute Gasteiger partial charge is 0.618 e. The van der Waals surface area contributed by atoms with Gasteiger partial charge in [0.05, 0.1) is 18.8 Å². The summed E-state index contributed by atoms with van der Waals surface area (Å²) in [5.74, 6) is -12.7. The molecule has 1 aromatic heterocycles. The van der Waals surface area contributed by atoms with Gasteiger partial charge in [-0.1, -0.05) is 55.1 Å². The minimum atomic E-state index is -2.37. The molecule has 0 spiro atoms. The fourth-order valence-corrected chi connectivity index (χ4v) is 5.84. The number of rotatable bonds is 8. The number of anilines is 1. The van der Waals surface area contributed by atoms with Crippen LogP contribution in [0.15, 0.2) is 78.0 Å². The molecular weight excluding hydrogens is 607 g/mol. The van der Waals surface area contributed by atoms with E-state index >= 15 is 0 Å². The van der Waals surface area contributed by atoms with Crippen LogP contribution >= 0.6 is 11.8 Å². The van der Waals surface area contributed by atoms with Crippen molar-refractivity contribution in [1.82, 2.24) is 0 Å². The number of carbonyl (C=O) groups excluding carboxylic acids is 1. The lowest BCUT2D eigenvalue weighted by Crippen LogP contribution is -2.39. The van der Waals surface area contributed by atoms with Gasteiger partial charge in [-0.05, 0) is 29.3 Å². The number of pyridine rings is 1. The van der Waals surface area contributed by atoms with E-state index in [-0.39, 0.29) is 18.2 Å². The van der Waals surface area contributed by atoms with Crippen molar-refractivity contribution in [2.75, 3.05) is 11.1 Å². The molecule has 4 unspecified atom stereocenters. The summed E-state index contributed by atoms with van der Waals surface area (Å²) < 4.78 is 82.6. The number of aliphatic hydroxyl groups excluding tert-OH is 1. The third kappa shape index (κ3) is 6.41. The molecule has 0 aliphatic carbocycles. The molecule has 230 valence electrons. The number of carbonyl (C=O) groups is 1. The van der Waals surface area contributed by atoms with Crippen LogP contribution in [0.1, 0.15) is 46.4 Å². The summed E-state index contributed by atoms with van der Waals surface area (Å²) in [4.78, 5) is 12.6. The van der Waals surface area contributed by atoms with Crippen molar-refractivity contribution in [3.05, 3.63) is 129 Å². The molecule has 1 aliphatic rings. The Morgan fingerprint density at radius 3 is 2.25 bits per heavy atom. The Bertz CT molecular complexity index is 1650. The minimum Gasteiger partial charge on any atom is -0.618 e. The molecule has 5 rings (SSSR count). The summed E-state index contributed by atoms with van der Waals surface area (Å²) in [5.41, 5.74) is 0.253. The van der Waals surface area contributed by atoms with Crippen LogP contribution in [-0.4, -0.2) is 22.9 Å². The second-order valence-electron chi connectivity index (χ2n) is 10.0. The van der Waals surface area contributed by atoms with Gasteiger partial charge < -0.3 is 25.1 Å². The molecule has 13 heteroatoms. The van der Waals surface area contributed by atoms with E-state index in [0.29, 0.717) is 21.9 Å². The van der Waals surface area contributed by atoms with Gasteiger partial charge in [-0.25, -0.2) is 22.0 Å². The molecule has 1 aliphatic heterocycles. The first-order chi connectivity index (χ1) is 21.1. The molecule has 0 bridgehead atoms. The first-order valence-corrected chi connectivity index (χ1v) is 14.3. The minimum absolute atomic E-state index is 0.0197. The average molecular weight is 633 g/mol. The van der Waals surface area contributed by atoms with Crippen LogP contribution in [0.5, 0.6) is 0 Å². The highest BCUT2D eigenvalue weighted by atomic mass is 32.2. The van der Waals surface area contributed by atoms with Crippen LogP contribution in [0, 0.1) is 40.2 Å². The quantitative estimate of drug-likeness (QED) is 0.0588. The normalized spacial score (nSPS) is 20.0. The number of nitrogens with one attached hydrogen (secondary N) is 1. The van der Waals surface area contributed by atoms with E-state index in [1.54, 1.807) is 36.4 Å². The molecule has 1 fully saturated rings. The van der Waals surface area contributed by atoms with Crippen LogP contribution in [0.4, 0.5) is 27.6 Å². The molecule has 0 radical (unpaired) electrons. The van der Waals surface area contributed by atoms with E-state index < -0.39 is 59.1 Å². The van der Waals surface area contributed by atoms with E-state index in [2.05, 4.69) is 5.32 Å². The van der Waals surface area contributed by atoms with Crippen LogP contribution in [0.2, 0.25) is 0 Å². The van der Waals surface area contributed by atoms with Crippen LogP contribution in [0.3, 0.4) is 0 Å². The number of ether oxygens (including phenoxy) is 2. The second kappa shape index (κ2) is 13.3. The Morgan fingerprint density at radius 2 is 1.59 bits per heavy atom. The van der Waals surface area contributed by atoms with Crippen LogP contribution < -0.4 is 10.0 Å². The molecule has 0 saturated carbocycles. The second-order valence-corrected chi connectivity index (χ2v) is 11.1. The highest BCUT2D eigenvalue weighted by Gasteiger charge is 2.39. The van der Waals surface area contributed by atoms with Gasteiger partial charge in [-0.15, -0.1) is 0 Å². The predicted molar refractivity (Wildman–Crippen MR) is 150 cm³/mol. The van der Waals surface area contributed by atoms with Crippen molar-refractivity contribution in [3.63, 3.8) is 0 Å². The first kappa shape index (κ1) is 31.4. The van der Waals surface area contributed by atoms with Crippen LogP contribution in [-0.2, 0) is 16.1 Å². The van der Waals surface area contributed by atoms with Gasteiger partial charge in [0.15, 0.2) is 35.8 Å². The van der Waals surface area contributed by atoms with Crippen molar-refractivity contribution in [1.29, 1.82) is 0 Å². The van der Waals surface area contributed by atoms with Gasteiger partial charge in [0.2, 0.25) is 5.82 Å². The smallest absolute Gasteiger partial charge is 0.261 e. The number of aromatic nitrogens is 1. The number of benzene rings is 3. The van der Waals surface area contributed by atoms with Gasteiger partial charge in [-0.2, -0.15) is 4.73 Å². The molecule has 1 amide bonds. The number of amides is 1. The molecule has 44 heavy (non-hydrogen) atoms. The van der Waals surface area contributed by atoms with Gasteiger partial charge in [0.1, 0.15) is 5.56 Å². The monoisotopic (exact) mass is 632 g/mol. The number of halogens is 5. The zero-order valence-electron chi connectivity index (χ0n) is 23.0. The summed E-state index contributed by atoms with van der Waals surface area (Å²) in [5, 5.41) is 24.3. The lowest BCUT2D eigenvalue weighted by Gasteiger charge is -2.41. The Labute approximate surface area is 252 Å². The van der Waals surface area contributed by atoms with E-state index in [0.717, 1.165) is 10.3 Å². The number of hydrogen-bond donors (Lipinski definition) is 2. The average Bonchev–Trinajstić information content (AvgIpc) is 3.03. The first-order valence-electron chi connectivity index (χ1n) is 13.3. The van der Waals surface area contributed by atoms with Crippen molar-refractivity contribution >= 4 is 23.4 Å². The molecule has 4 aromatic rings.